The lowest BCUT2D eigenvalue weighted by Crippen LogP contribution is -2.20. The highest BCUT2D eigenvalue weighted by Gasteiger charge is 2.09. The summed E-state index contributed by atoms with van der Waals surface area (Å²) in [6, 6.07) is 18.4. The first-order valence-electron chi connectivity index (χ1n) is 6.19. The van der Waals surface area contributed by atoms with Gasteiger partial charge in [0.2, 0.25) is 0 Å². The maximum absolute atomic E-state index is 13.0. The maximum atomic E-state index is 13.0. The van der Waals surface area contributed by atoms with Gasteiger partial charge in [-0.3, -0.25) is 0 Å². The van der Waals surface area contributed by atoms with Crippen molar-refractivity contribution in [2.24, 2.45) is 0 Å². The summed E-state index contributed by atoms with van der Waals surface area (Å²) < 4.78 is 13.0. The third-order valence-corrected chi connectivity index (χ3v) is 2.92. The van der Waals surface area contributed by atoms with Crippen LogP contribution in [0.15, 0.2) is 54.6 Å². The molecule has 2 rings (SSSR count). The lowest BCUT2D eigenvalue weighted by Gasteiger charge is -2.10. The number of halogens is 1. The quantitative estimate of drug-likeness (QED) is 0.889. The number of hydrogen-bond acceptors (Lipinski definition) is 2. The van der Waals surface area contributed by atoms with E-state index in [9.17, 15) is 9.65 Å². The molecule has 0 aliphatic heterocycles. The Balaban J connectivity index is 1.90. The normalized spacial score (nSPS) is 11.8. The van der Waals surface area contributed by atoms with Crippen LogP contribution in [-0.4, -0.2) is 6.54 Å². The molecule has 0 bridgehead atoms. The zero-order valence-corrected chi connectivity index (χ0v) is 10.5. The minimum Gasteiger partial charge on any atom is -0.311 e. The average molecular weight is 254 g/mol. The molecule has 19 heavy (non-hydrogen) atoms. The summed E-state index contributed by atoms with van der Waals surface area (Å²) in [5.41, 5.74) is 1.88. The van der Waals surface area contributed by atoms with Crippen molar-refractivity contribution in [2.45, 2.75) is 12.5 Å². The average Bonchev–Trinajstić information content (AvgIpc) is 2.45. The molecule has 1 unspecified atom stereocenters. The van der Waals surface area contributed by atoms with Crippen LogP contribution in [0.25, 0.3) is 0 Å². The standard InChI is InChI=1S/C16H15FN2/c17-16-8-4-5-13(9-16)11-19-12-15(10-18)14-6-2-1-3-7-14/h1-9,15,19H,11-12H2. The fourth-order valence-electron chi connectivity index (χ4n) is 1.93. The molecule has 2 nitrogen and oxygen atoms in total. The summed E-state index contributed by atoms with van der Waals surface area (Å²) in [5, 5.41) is 12.4. The SMILES string of the molecule is N#CC(CNCc1cccc(F)c1)c1ccccc1. The van der Waals surface area contributed by atoms with Gasteiger partial charge in [-0.05, 0) is 23.3 Å². The summed E-state index contributed by atoms with van der Waals surface area (Å²) in [7, 11) is 0. The van der Waals surface area contributed by atoms with Crippen LogP contribution in [0.5, 0.6) is 0 Å². The van der Waals surface area contributed by atoms with Gasteiger partial charge >= 0.3 is 0 Å². The Morgan fingerprint density at radius 2 is 1.89 bits per heavy atom. The number of hydrogen-bond donors (Lipinski definition) is 1. The van der Waals surface area contributed by atoms with Crippen molar-refractivity contribution in [1.29, 1.82) is 5.26 Å². The molecule has 0 saturated heterocycles. The molecule has 96 valence electrons. The summed E-state index contributed by atoms with van der Waals surface area (Å²) in [6.07, 6.45) is 0. The summed E-state index contributed by atoms with van der Waals surface area (Å²) in [4.78, 5) is 0. The molecule has 0 aliphatic rings. The zero-order valence-electron chi connectivity index (χ0n) is 10.5. The summed E-state index contributed by atoms with van der Waals surface area (Å²) in [6.45, 7) is 1.11. The van der Waals surface area contributed by atoms with Crippen molar-refractivity contribution in [3.8, 4) is 6.07 Å². The second kappa shape index (κ2) is 6.67. The highest BCUT2D eigenvalue weighted by molar-refractivity contribution is 5.25. The monoisotopic (exact) mass is 254 g/mol. The summed E-state index contributed by atoms with van der Waals surface area (Å²) >= 11 is 0. The van der Waals surface area contributed by atoms with Crippen molar-refractivity contribution in [3.05, 3.63) is 71.5 Å². The molecule has 0 fully saturated rings. The van der Waals surface area contributed by atoms with E-state index in [0.29, 0.717) is 13.1 Å². The number of benzene rings is 2. The molecule has 1 atom stereocenters. The molecular formula is C16H15FN2. The fourth-order valence-corrected chi connectivity index (χ4v) is 1.93. The highest BCUT2D eigenvalue weighted by Crippen LogP contribution is 2.13. The van der Waals surface area contributed by atoms with Crippen molar-refractivity contribution >= 4 is 0 Å². The van der Waals surface area contributed by atoms with E-state index >= 15 is 0 Å². The second-order valence-electron chi connectivity index (χ2n) is 4.35. The number of nitrogens with zero attached hydrogens (tertiary/aromatic N) is 1. The largest absolute Gasteiger partial charge is 0.311 e. The predicted molar refractivity (Wildman–Crippen MR) is 72.9 cm³/mol. The third kappa shape index (κ3) is 3.90. The van der Waals surface area contributed by atoms with E-state index in [1.165, 1.54) is 12.1 Å². The van der Waals surface area contributed by atoms with Crippen molar-refractivity contribution < 1.29 is 4.39 Å². The van der Waals surface area contributed by atoms with Gasteiger partial charge in [0.15, 0.2) is 0 Å². The molecule has 0 spiro atoms. The molecule has 1 N–H and O–H groups in total. The number of rotatable bonds is 5. The van der Waals surface area contributed by atoms with Crippen molar-refractivity contribution in [3.63, 3.8) is 0 Å². The van der Waals surface area contributed by atoms with Crippen molar-refractivity contribution in [1.82, 2.24) is 5.32 Å². The van der Waals surface area contributed by atoms with E-state index in [4.69, 9.17) is 0 Å². The molecule has 0 radical (unpaired) electrons. The van der Waals surface area contributed by atoms with Crippen LogP contribution in [0, 0.1) is 17.1 Å². The van der Waals surface area contributed by atoms with E-state index < -0.39 is 0 Å². The first-order valence-corrected chi connectivity index (χ1v) is 6.19. The summed E-state index contributed by atoms with van der Waals surface area (Å²) in [5.74, 6) is -0.422. The molecule has 2 aromatic rings. The van der Waals surface area contributed by atoms with E-state index in [2.05, 4.69) is 11.4 Å². The first-order chi connectivity index (χ1) is 9.29. The Morgan fingerprint density at radius 3 is 2.58 bits per heavy atom. The highest BCUT2D eigenvalue weighted by atomic mass is 19.1. The Hall–Kier alpha value is -2.18. The number of nitriles is 1. The van der Waals surface area contributed by atoms with Crippen molar-refractivity contribution in [2.75, 3.05) is 6.54 Å². The second-order valence-corrected chi connectivity index (χ2v) is 4.35. The third-order valence-electron chi connectivity index (χ3n) is 2.92. The van der Waals surface area contributed by atoms with Crippen LogP contribution in [0.2, 0.25) is 0 Å². The predicted octanol–water partition coefficient (Wildman–Crippen LogP) is 3.22. The minimum absolute atomic E-state index is 0.185. The van der Waals surface area contributed by atoms with Crippen LogP contribution in [0.4, 0.5) is 4.39 Å². The van der Waals surface area contributed by atoms with Gasteiger partial charge in [0.1, 0.15) is 5.82 Å². The van der Waals surface area contributed by atoms with Gasteiger partial charge in [-0.1, -0.05) is 42.5 Å². The van der Waals surface area contributed by atoms with Crippen LogP contribution in [0.3, 0.4) is 0 Å². The lowest BCUT2D eigenvalue weighted by molar-refractivity contribution is 0.616. The van der Waals surface area contributed by atoms with Gasteiger partial charge in [-0.25, -0.2) is 4.39 Å². The molecule has 0 amide bonds. The van der Waals surface area contributed by atoms with Gasteiger partial charge in [0.05, 0.1) is 12.0 Å². The van der Waals surface area contributed by atoms with E-state index in [1.54, 1.807) is 6.07 Å². The molecular weight excluding hydrogens is 239 g/mol. The molecule has 0 aromatic heterocycles. The van der Waals surface area contributed by atoms with Crippen LogP contribution in [-0.2, 0) is 6.54 Å². The van der Waals surface area contributed by atoms with E-state index in [0.717, 1.165) is 11.1 Å². The molecule has 0 saturated carbocycles. The van der Waals surface area contributed by atoms with E-state index in [1.807, 2.05) is 36.4 Å². The Kier molecular flexibility index (Phi) is 4.66. The Bertz CT molecular complexity index is 560. The Labute approximate surface area is 112 Å². The van der Waals surface area contributed by atoms with Gasteiger partial charge in [-0.2, -0.15) is 5.26 Å². The van der Waals surface area contributed by atoms with Gasteiger partial charge < -0.3 is 5.32 Å². The minimum atomic E-state index is -0.237. The fraction of sp³-hybridized carbons (Fsp3) is 0.188. The first kappa shape index (κ1) is 13.3. The van der Waals surface area contributed by atoms with Crippen LogP contribution in [0.1, 0.15) is 17.0 Å². The van der Waals surface area contributed by atoms with Crippen LogP contribution >= 0.6 is 0 Å². The topological polar surface area (TPSA) is 35.8 Å². The van der Waals surface area contributed by atoms with Gasteiger partial charge in [0, 0.05) is 13.1 Å². The molecule has 0 heterocycles. The maximum Gasteiger partial charge on any atom is 0.123 e. The Morgan fingerprint density at radius 1 is 1.11 bits per heavy atom. The van der Waals surface area contributed by atoms with E-state index in [-0.39, 0.29) is 11.7 Å². The number of nitrogens with one attached hydrogen (secondary N) is 1. The molecule has 0 aliphatic carbocycles. The van der Waals surface area contributed by atoms with Crippen LogP contribution < -0.4 is 5.32 Å². The molecule has 3 heteroatoms. The van der Waals surface area contributed by atoms with Gasteiger partial charge in [-0.15, -0.1) is 0 Å². The zero-order chi connectivity index (χ0) is 13.5. The smallest absolute Gasteiger partial charge is 0.123 e. The lowest BCUT2D eigenvalue weighted by atomic mass is 10.0. The molecule has 2 aromatic carbocycles. The van der Waals surface area contributed by atoms with Gasteiger partial charge in [0.25, 0.3) is 0 Å².